The van der Waals surface area contributed by atoms with Crippen LogP contribution in [0.25, 0.3) is 0 Å². The average molecular weight is 293 g/mol. The van der Waals surface area contributed by atoms with Gasteiger partial charge in [0.25, 0.3) is 0 Å². The Hall–Kier alpha value is -1.15. The number of carbonyl (C=O) groups excluding carboxylic acids is 1. The molecule has 0 amide bonds. The van der Waals surface area contributed by atoms with Gasteiger partial charge in [0.2, 0.25) is 10.0 Å². The summed E-state index contributed by atoms with van der Waals surface area (Å²) in [6, 6.07) is 0. The molecule has 8 heteroatoms. The highest BCUT2D eigenvalue weighted by atomic mass is 32.2. The minimum atomic E-state index is -3.81. The summed E-state index contributed by atoms with van der Waals surface area (Å²) in [5.41, 5.74) is -1.05. The smallest absolute Gasteiger partial charge is 0.322 e. The number of piperidine rings is 1. The molecule has 110 valence electrons. The van der Waals surface area contributed by atoms with Crippen LogP contribution in [0.2, 0.25) is 0 Å². The Morgan fingerprint density at radius 2 is 2.05 bits per heavy atom. The van der Waals surface area contributed by atoms with Gasteiger partial charge in [0, 0.05) is 13.1 Å². The number of nitrogens with zero attached hydrogens (tertiary/aromatic N) is 1. The fourth-order valence-electron chi connectivity index (χ4n) is 2.24. The molecule has 1 fully saturated rings. The molecule has 7 nitrogen and oxygen atoms in total. The minimum Gasteiger partial charge on any atom is -0.481 e. The first-order valence-electron chi connectivity index (χ1n) is 6.05. The maximum atomic E-state index is 12.0. The van der Waals surface area contributed by atoms with Crippen molar-refractivity contribution in [3.05, 3.63) is 0 Å². The largest absolute Gasteiger partial charge is 0.481 e. The average Bonchev–Trinajstić information content (AvgIpc) is 2.37. The Bertz CT molecular complexity index is 460. The van der Waals surface area contributed by atoms with Crippen LogP contribution in [0, 0.1) is 5.41 Å². The van der Waals surface area contributed by atoms with Gasteiger partial charge in [0.05, 0.1) is 12.5 Å². The first-order chi connectivity index (χ1) is 8.77. The maximum Gasteiger partial charge on any atom is 0.322 e. The Kier molecular flexibility index (Phi) is 4.92. The number of methoxy groups -OCH3 is 1. The van der Waals surface area contributed by atoms with E-state index in [0.717, 1.165) is 11.4 Å². The van der Waals surface area contributed by atoms with Crippen molar-refractivity contribution in [1.82, 2.24) is 4.31 Å². The molecule has 0 bridgehead atoms. The second-order valence-corrected chi connectivity index (χ2v) is 6.68. The molecule has 0 radical (unpaired) electrons. The molecule has 1 saturated heterocycles. The topological polar surface area (TPSA) is 101 Å². The van der Waals surface area contributed by atoms with E-state index in [-0.39, 0.29) is 13.1 Å². The van der Waals surface area contributed by atoms with Gasteiger partial charge in [-0.25, -0.2) is 12.7 Å². The minimum absolute atomic E-state index is 0.0852. The van der Waals surface area contributed by atoms with Crippen LogP contribution in [0.4, 0.5) is 0 Å². The summed E-state index contributed by atoms with van der Waals surface area (Å²) in [4.78, 5) is 22.4. The molecule has 0 aromatic rings. The van der Waals surface area contributed by atoms with Crippen LogP contribution in [0.3, 0.4) is 0 Å². The lowest BCUT2D eigenvalue weighted by atomic mass is 9.78. The summed E-state index contributed by atoms with van der Waals surface area (Å²) in [7, 11) is -2.70. The lowest BCUT2D eigenvalue weighted by molar-refractivity contribution is -0.151. The maximum absolute atomic E-state index is 12.0. The molecule has 0 aromatic carbocycles. The number of carboxylic acid groups (broad SMARTS) is 1. The molecule has 0 aromatic heterocycles. The number of hydrogen-bond donors (Lipinski definition) is 1. The van der Waals surface area contributed by atoms with Crippen molar-refractivity contribution in [1.29, 1.82) is 0 Å². The van der Waals surface area contributed by atoms with E-state index in [1.54, 1.807) is 6.92 Å². The SMILES string of the molecule is CCC1(C(=O)O)CCCN(S(=O)(=O)CC(=O)OC)C1. The van der Waals surface area contributed by atoms with Gasteiger partial charge in [0.1, 0.15) is 0 Å². The van der Waals surface area contributed by atoms with Crippen LogP contribution in [0.1, 0.15) is 26.2 Å². The Labute approximate surface area is 112 Å². The lowest BCUT2D eigenvalue weighted by Crippen LogP contribution is -2.50. The van der Waals surface area contributed by atoms with Crippen molar-refractivity contribution in [3.8, 4) is 0 Å². The molecule has 0 spiro atoms. The van der Waals surface area contributed by atoms with Crippen LogP contribution in [-0.2, 0) is 24.3 Å². The van der Waals surface area contributed by atoms with Gasteiger partial charge in [-0.1, -0.05) is 6.92 Å². The number of esters is 1. The van der Waals surface area contributed by atoms with E-state index in [4.69, 9.17) is 0 Å². The highest BCUT2D eigenvalue weighted by Crippen LogP contribution is 2.34. The van der Waals surface area contributed by atoms with Gasteiger partial charge < -0.3 is 9.84 Å². The van der Waals surface area contributed by atoms with E-state index < -0.39 is 33.1 Å². The Morgan fingerprint density at radius 3 is 2.53 bits per heavy atom. The number of hydrogen-bond acceptors (Lipinski definition) is 5. The van der Waals surface area contributed by atoms with Crippen LogP contribution in [-0.4, -0.2) is 55.7 Å². The van der Waals surface area contributed by atoms with E-state index in [9.17, 15) is 23.1 Å². The van der Waals surface area contributed by atoms with Gasteiger partial charge in [-0.2, -0.15) is 0 Å². The lowest BCUT2D eigenvalue weighted by Gasteiger charge is -2.38. The van der Waals surface area contributed by atoms with Gasteiger partial charge in [0.15, 0.2) is 5.75 Å². The third-order valence-corrected chi connectivity index (χ3v) is 5.29. The van der Waals surface area contributed by atoms with Crippen LogP contribution >= 0.6 is 0 Å². The third kappa shape index (κ3) is 3.44. The van der Waals surface area contributed by atoms with E-state index in [2.05, 4.69) is 4.74 Å². The predicted molar refractivity (Wildman–Crippen MR) is 67.0 cm³/mol. The molecule has 19 heavy (non-hydrogen) atoms. The second-order valence-electron chi connectivity index (χ2n) is 4.71. The summed E-state index contributed by atoms with van der Waals surface area (Å²) in [6.45, 7) is 1.89. The molecule has 1 unspecified atom stereocenters. The highest BCUT2D eigenvalue weighted by Gasteiger charge is 2.44. The van der Waals surface area contributed by atoms with Crippen molar-refractivity contribution in [2.45, 2.75) is 26.2 Å². The quantitative estimate of drug-likeness (QED) is 0.720. The molecule has 1 aliphatic rings. The summed E-state index contributed by atoms with van der Waals surface area (Å²) in [5.74, 6) is -2.58. The van der Waals surface area contributed by atoms with Gasteiger partial charge in [-0.3, -0.25) is 9.59 Å². The van der Waals surface area contributed by atoms with Gasteiger partial charge >= 0.3 is 11.9 Å². The fraction of sp³-hybridized carbons (Fsp3) is 0.818. The number of rotatable bonds is 5. The monoisotopic (exact) mass is 293 g/mol. The van der Waals surface area contributed by atoms with Gasteiger partial charge in [-0.05, 0) is 19.3 Å². The molecule has 1 heterocycles. The summed E-state index contributed by atoms with van der Waals surface area (Å²) in [5, 5.41) is 9.29. The van der Waals surface area contributed by atoms with E-state index in [1.165, 1.54) is 0 Å². The molecule has 1 N–H and O–H groups in total. The van der Waals surface area contributed by atoms with E-state index in [0.29, 0.717) is 19.3 Å². The van der Waals surface area contributed by atoms with Crippen LogP contribution < -0.4 is 0 Å². The van der Waals surface area contributed by atoms with Crippen molar-refractivity contribution >= 4 is 22.0 Å². The highest BCUT2D eigenvalue weighted by molar-refractivity contribution is 7.89. The van der Waals surface area contributed by atoms with E-state index in [1.807, 2.05) is 0 Å². The Morgan fingerprint density at radius 1 is 1.42 bits per heavy atom. The zero-order chi connectivity index (χ0) is 14.7. The number of ether oxygens (including phenoxy) is 1. The van der Waals surface area contributed by atoms with Gasteiger partial charge in [-0.15, -0.1) is 0 Å². The fourth-order valence-corrected chi connectivity index (χ4v) is 3.69. The van der Waals surface area contributed by atoms with Crippen LogP contribution in [0.5, 0.6) is 0 Å². The summed E-state index contributed by atoms with van der Waals surface area (Å²) < 4.78 is 29.5. The predicted octanol–water partition coefficient (Wildman–Crippen LogP) is 0.0660. The molecular weight excluding hydrogens is 274 g/mol. The van der Waals surface area contributed by atoms with Crippen molar-refractivity contribution in [2.24, 2.45) is 5.41 Å². The van der Waals surface area contributed by atoms with Crippen molar-refractivity contribution < 1.29 is 27.9 Å². The number of carboxylic acids is 1. The molecule has 1 atom stereocenters. The van der Waals surface area contributed by atoms with Crippen LogP contribution in [0.15, 0.2) is 0 Å². The first kappa shape index (κ1) is 15.9. The number of aliphatic carboxylic acids is 1. The van der Waals surface area contributed by atoms with Crippen molar-refractivity contribution in [2.75, 3.05) is 26.0 Å². The number of carbonyl (C=O) groups is 2. The standard InChI is InChI=1S/C11H19NO6S/c1-3-11(10(14)15)5-4-6-12(8-11)19(16,17)7-9(13)18-2/h3-8H2,1-2H3,(H,14,15). The zero-order valence-electron chi connectivity index (χ0n) is 11.1. The van der Waals surface area contributed by atoms with Crippen molar-refractivity contribution in [3.63, 3.8) is 0 Å². The third-order valence-electron chi connectivity index (χ3n) is 3.59. The normalized spacial score (nSPS) is 24.9. The summed E-state index contributed by atoms with van der Waals surface area (Å²) in [6.07, 6.45) is 1.27. The molecule has 1 aliphatic heterocycles. The molecule has 1 rings (SSSR count). The molecular formula is C11H19NO6S. The Balaban J connectivity index is 2.90. The zero-order valence-corrected chi connectivity index (χ0v) is 11.9. The molecule has 0 saturated carbocycles. The molecule has 0 aliphatic carbocycles. The summed E-state index contributed by atoms with van der Waals surface area (Å²) >= 11 is 0. The second kappa shape index (κ2) is 5.87. The number of sulfonamides is 1. The first-order valence-corrected chi connectivity index (χ1v) is 7.66. The van der Waals surface area contributed by atoms with E-state index >= 15 is 0 Å².